The highest BCUT2D eigenvalue weighted by Gasteiger charge is 2.34. The van der Waals surface area contributed by atoms with Gasteiger partial charge in [-0.25, -0.2) is 4.39 Å². The summed E-state index contributed by atoms with van der Waals surface area (Å²) in [6.07, 6.45) is 0.917. The van der Waals surface area contributed by atoms with Crippen molar-refractivity contribution in [2.45, 2.75) is 38.3 Å². The first-order valence-electron chi connectivity index (χ1n) is 13.1. The Morgan fingerprint density at radius 3 is 2.41 bits per heavy atom. The first-order chi connectivity index (χ1) is 18.9. The number of halogens is 1. The summed E-state index contributed by atoms with van der Waals surface area (Å²) >= 11 is 0. The van der Waals surface area contributed by atoms with Crippen molar-refractivity contribution in [2.24, 2.45) is 0 Å². The molecule has 5 nitrogen and oxygen atoms in total. The molecule has 1 aliphatic rings. The van der Waals surface area contributed by atoms with Crippen molar-refractivity contribution in [3.8, 4) is 22.6 Å². The zero-order valence-corrected chi connectivity index (χ0v) is 22.1. The van der Waals surface area contributed by atoms with Crippen molar-refractivity contribution in [1.29, 1.82) is 0 Å². The number of rotatable bonds is 9. The number of aliphatic carboxylic acids is 1. The number of carboxylic acid groups (broad SMARTS) is 1. The summed E-state index contributed by atoms with van der Waals surface area (Å²) in [5.41, 5.74) is 5.54. The standard InChI is InChI=1S/C33H32FNO4/c1-22-16-24(31-19-30(38-2)14-15-32(31)34)8-9-25(22)21-39-29-12-10-27(11-13-29)35-20-26(17-28(35)18-33(36)37)23-6-4-3-5-7-23/h3-16,19,26,28H,17-18,20-21H2,1-2H3,(H,36,37). The van der Waals surface area contributed by atoms with E-state index in [1.165, 1.54) is 11.6 Å². The zero-order chi connectivity index (χ0) is 27.4. The van der Waals surface area contributed by atoms with Crippen LogP contribution < -0.4 is 14.4 Å². The molecule has 0 amide bonds. The van der Waals surface area contributed by atoms with Gasteiger partial charge in [0.25, 0.3) is 0 Å². The number of carbonyl (C=O) groups is 1. The molecular weight excluding hydrogens is 493 g/mol. The summed E-state index contributed by atoms with van der Waals surface area (Å²) in [5.74, 6) is 0.559. The number of aryl methyl sites for hydroxylation is 1. The van der Waals surface area contributed by atoms with E-state index in [0.29, 0.717) is 23.8 Å². The highest BCUT2D eigenvalue weighted by atomic mass is 19.1. The fraction of sp³-hybridized carbons (Fsp3) is 0.242. The Morgan fingerprint density at radius 2 is 1.72 bits per heavy atom. The number of nitrogens with zero attached hydrogens (tertiary/aromatic N) is 1. The van der Waals surface area contributed by atoms with Crippen molar-refractivity contribution < 1.29 is 23.8 Å². The van der Waals surface area contributed by atoms with Crippen LogP contribution in [-0.4, -0.2) is 30.8 Å². The summed E-state index contributed by atoms with van der Waals surface area (Å²) in [6, 6.07) is 28.6. The highest BCUT2D eigenvalue weighted by Crippen LogP contribution is 2.37. The summed E-state index contributed by atoms with van der Waals surface area (Å²) < 4.78 is 25.7. The van der Waals surface area contributed by atoms with Crippen LogP contribution in [0.2, 0.25) is 0 Å². The van der Waals surface area contributed by atoms with Crippen LogP contribution in [0.25, 0.3) is 11.1 Å². The number of anilines is 1. The van der Waals surface area contributed by atoms with Gasteiger partial charge in [-0.3, -0.25) is 4.79 Å². The molecule has 1 saturated heterocycles. The Balaban J connectivity index is 1.26. The molecule has 0 bridgehead atoms. The average molecular weight is 526 g/mol. The molecule has 5 rings (SSSR count). The van der Waals surface area contributed by atoms with Crippen molar-refractivity contribution in [3.63, 3.8) is 0 Å². The van der Waals surface area contributed by atoms with Crippen LogP contribution >= 0.6 is 0 Å². The van der Waals surface area contributed by atoms with Crippen LogP contribution in [0.15, 0.2) is 91.0 Å². The lowest BCUT2D eigenvalue weighted by molar-refractivity contribution is -0.137. The lowest BCUT2D eigenvalue weighted by Crippen LogP contribution is -2.31. The van der Waals surface area contributed by atoms with Gasteiger partial charge >= 0.3 is 5.97 Å². The summed E-state index contributed by atoms with van der Waals surface area (Å²) in [4.78, 5) is 13.8. The molecule has 0 aromatic heterocycles. The largest absolute Gasteiger partial charge is 0.497 e. The fourth-order valence-electron chi connectivity index (χ4n) is 5.37. The molecule has 200 valence electrons. The monoisotopic (exact) mass is 525 g/mol. The lowest BCUT2D eigenvalue weighted by atomic mass is 9.95. The molecule has 0 radical (unpaired) electrons. The normalized spacial score (nSPS) is 16.7. The highest BCUT2D eigenvalue weighted by molar-refractivity contribution is 5.69. The van der Waals surface area contributed by atoms with Crippen molar-refractivity contribution in [1.82, 2.24) is 0 Å². The second-order valence-electron chi connectivity index (χ2n) is 10.0. The first-order valence-corrected chi connectivity index (χ1v) is 13.1. The van der Waals surface area contributed by atoms with Crippen LogP contribution in [0.4, 0.5) is 10.1 Å². The Bertz CT molecular complexity index is 1440. The number of benzene rings is 4. The summed E-state index contributed by atoms with van der Waals surface area (Å²) in [6.45, 7) is 3.15. The SMILES string of the molecule is COc1ccc(F)c(-c2ccc(COc3ccc(N4CC(c5ccccc5)CC4CC(=O)O)cc3)c(C)c2)c1. The van der Waals surface area contributed by atoms with E-state index in [2.05, 4.69) is 17.0 Å². The smallest absolute Gasteiger partial charge is 0.305 e. The van der Waals surface area contributed by atoms with E-state index in [1.54, 1.807) is 19.2 Å². The van der Waals surface area contributed by atoms with Crippen LogP contribution in [0.3, 0.4) is 0 Å². The third-order valence-electron chi connectivity index (χ3n) is 7.49. The van der Waals surface area contributed by atoms with Gasteiger partial charge in [0.1, 0.15) is 23.9 Å². The van der Waals surface area contributed by atoms with E-state index in [0.717, 1.165) is 41.1 Å². The van der Waals surface area contributed by atoms with Gasteiger partial charge in [0.15, 0.2) is 0 Å². The maximum absolute atomic E-state index is 14.4. The molecule has 2 unspecified atom stereocenters. The third kappa shape index (κ3) is 6.06. The van der Waals surface area contributed by atoms with Crippen molar-refractivity contribution >= 4 is 11.7 Å². The Morgan fingerprint density at radius 1 is 0.974 bits per heavy atom. The fourth-order valence-corrected chi connectivity index (χ4v) is 5.37. The van der Waals surface area contributed by atoms with E-state index < -0.39 is 5.97 Å². The Kier molecular flexibility index (Phi) is 7.82. The van der Waals surface area contributed by atoms with Gasteiger partial charge in [0.2, 0.25) is 0 Å². The predicted octanol–water partition coefficient (Wildman–Crippen LogP) is 7.23. The molecule has 1 aliphatic heterocycles. The third-order valence-corrected chi connectivity index (χ3v) is 7.49. The lowest BCUT2D eigenvalue weighted by Gasteiger charge is -2.26. The zero-order valence-electron chi connectivity index (χ0n) is 22.1. The van der Waals surface area contributed by atoms with E-state index in [-0.39, 0.29) is 18.3 Å². The molecular formula is C33H32FNO4. The van der Waals surface area contributed by atoms with E-state index in [1.807, 2.05) is 67.6 Å². The molecule has 1 N–H and O–H groups in total. The van der Waals surface area contributed by atoms with Gasteiger partial charge in [-0.1, -0.05) is 48.5 Å². The molecule has 2 atom stereocenters. The van der Waals surface area contributed by atoms with Crippen LogP contribution in [0.5, 0.6) is 11.5 Å². The van der Waals surface area contributed by atoms with Gasteiger partial charge in [-0.15, -0.1) is 0 Å². The topological polar surface area (TPSA) is 59.0 Å². The van der Waals surface area contributed by atoms with Gasteiger partial charge in [0.05, 0.1) is 13.5 Å². The summed E-state index contributed by atoms with van der Waals surface area (Å²) in [7, 11) is 1.57. The maximum atomic E-state index is 14.4. The average Bonchev–Trinajstić information content (AvgIpc) is 3.36. The predicted molar refractivity (Wildman–Crippen MR) is 151 cm³/mol. The van der Waals surface area contributed by atoms with Crippen molar-refractivity contribution in [2.75, 3.05) is 18.6 Å². The second-order valence-corrected chi connectivity index (χ2v) is 10.0. The number of ether oxygens (including phenoxy) is 2. The minimum Gasteiger partial charge on any atom is -0.497 e. The molecule has 4 aromatic carbocycles. The Hall–Kier alpha value is -4.32. The van der Waals surface area contributed by atoms with Crippen molar-refractivity contribution in [3.05, 3.63) is 114 Å². The van der Waals surface area contributed by atoms with Gasteiger partial charge in [0, 0.05) is 29.8 Å². The first kappa shape index (κ1) is 26.3. The molecule has 0 saturated carbocycles. The number of hydrogen-bond acceptors (Lipinski definition) is 4. The maximum Gasteiger partial charge on any atom is 0.305 e. The molecule has 0 spiro atoms. The number of methoxy groups -OCH3 is 1. The molecule has 6 heteroatoms. The summed E-state index contributed by atoms with van der Waals surface area (Å²) in [5, 5.41) is 9.49. The number of carboxylic acids is 1. The Labute approximate surface area is 228 Å². The van der Waals surface area contributed by atoms with Crippen LogP contribution in [0.1, 0.15) is 35.4 Å². The van der Waals surface area contributed by atoms with Gasteiger partial charge < -0.3 is 19.5 Å². The van der Waals surface area contributed by atoms with Gasteiger partial charge in [-0.05, 0) is 78.1 Å². The van der Waals surface area contributed by atoms with E-state index in [9.17, 15) is 14.3 Å². The molecule has 39 heavy (non-hydrogen) atoms. The van der Waals surface area contributed by atoms with E-state index in [4.69, 9.17) is 9.47 Å². The van der Waals surface area contributed by atoms with Gasteiger partial charge in [-0.2, -0.15) is 0 Å². The molecule has 1 fully saturated rings. The quantitative estimate of drug-likeness (QED) is 0.250. The van der Waals surface area contributed by atoms with E-state index >= 15 is 0 Å². The second kappa shape index (κ2) is 11.6. The molecule has 4 aromatic rings. The molecule has 1 heterocycles. The van der Waals surface area contributed by atoms with Crippen LogP contribution in [-0.2, 0) is 11.4 Å². The molecule has 0 aliphatic carbocycles. The minimum absolute atomic E-state index is 0.0601. The number of hydrogen-bond donors (Lipinski definition) is 1. The van der Waals surface area contributed by atoms with Crippen LogP contribution in [0, 0.1) is 12.7 Å². The minimum atomic E-state index is -0.783.